The molecule has 0 amide bonds. The minimum absolute atomic E-state index is 0.632. The average Bonchev–Trinajstić information content (AvgIpc) is 3.02. The van der Waals surface area contributed by atoms with E-state index in [1.165, 1.54) is 0 Å². The Labute approximate surface area is 129 Å². The fourth-order valence-electron chi connectivity index (χ4n) is 2.69. The fraction of sp³-hybridized carbons (Fsp3) is 0.467. The van der Waals surface area contributed by atoms with Crippen LogP contribution in [0, 0.1) is 13.8 Å². The number of aryl methyl sites for hydroxylation is 4. The Balaban J connectivity index is 1.92. The van der Waals surface area contributed by atoms with Crippen molar-refractivity contribution in [2.24, 2.45) is 7.05 Å². The maximum atomic E-state index is 4.54. The Morgan fingerprint density at radius 1 is 1.23 bits per heavy atom. The molecule has 0 bridgehead atoms. The van der Waals surface area contributed by atoms with Crippen LogP contribution in [0.2, 0.25) is 0 Å². The number of aromatic nitrogens is 6. The third-order valence-electron chi connectivity index (χ3n) is 3.65. The van der Waals surface area contributed by atoms with Gasteiger partial charge in [0.1, 0.15) is 17.5 Å². The molecular formula is C15H21N7. The highest BCUT2D eigenvalue weighted by molar-refractivity contribution is 5.89. The van der Waals surface area contributed by atoms with Gasteiger partial charge in [-0.15, -0.1) is 0 Å². The standard InChI is InChI=1S/C15H21N7/c1-5-7-22-8-6-16-12(22)9-17-14-13-10(2)20-21(4)15(13)19-11(3)18-14/h6,8H,5,7,9H2,1-4H3,(H,17,18,19). The molecular weight excluding hydrogens is 278 g/mol. The minimum Gasteiger partial charge on any atom is -0.362 e. The van der Waals surface area contributed by atoms with Crippen LogP contribution in [0.15, 0.2) is 12.4 Å². The van der Waals surface area contributed by atoms with E-state index >= 15 is 0 Å². The summed E-state index contributed by atoms with van der Waals surface area (Å²) in [6, 6.07) is 0. The quantitative estimate of drug-likeness (QED) is 0.782. The molecule has 0 aliphatic rings. The van der Waals surface area contributed by atoms with Crippen molar-refractivity contribution in [1.29, 1.82) is 0 Å². The lowest BCUT2D eigenvalue weighted by molar-refractivity contribution is 0.644. The van der Waals surface area contributed by atoms with Gasteiger partial charge in [0, 0.05) is 26.0 Å². The molecule has 0 aromatic carbocycles. The molecule has 0 radical (unpaired) electrons. The summed E-state index contributed by atoms with van der Waals surface area (Å²) in [6.07, 6.45) is 4.93. The lowest BCUT2D eigenvalue weighted by Crippen LogP contribution is -2.10. The number of hydrogen-bond acceptors (Lipinski definition) is 5. The first-order valence-electron chi connectivity index (χ1n) is 7.52. The highest BCUT2D eigenvalue weighted by Crippen LogP contribution is 2.23. The number of rotatable bonds is 5. The van der Waals surface area contributed by atoms with E-state index in [2.05, 4.69) is 36.9 Å². The van der Waals surface area contributed by atoms with E-state index in [1.807, 2.05) is 33.3 Å². The predicted molar refractivity (Wildman–Crippen MR) is 85.6 cm³/mol. The second kappa shape index (κ2) is 5.75. The van der Waals surface area contributed by atoms with Crippen LogP contribution in [0.5, 0.6) is 0 Å². The summed E-state index contributed by atoms with van der Waals surface area (Å²) < 4.78 is 3.96. The van der Waals surface area contributed by atoms with Crippen LogP contribution in [0.1, 0.15) is 30.7 Å². The molecule has 22 heavy (non-hydrogen) atoms. The van der Waals surface area contributed by atoms with Gasteiger partial charge in [-0.3, -0.25) is 4.68 Å². The van der Waals surface area contributed by atoms with E-state index in [0.717, 1.165) is 47.2 Å². The third kappa shape index (κ3) is 2.54. The molecule has 0 fully saturated rings. The van der Waals surface area contributed by atoms with E-state index in [-0.39, 0.29) is 0 Å². The van der Waals surface area contributed by atoms with Crippen LogP contribution in [-0.4, -0.2) is 29.3 Å². The number of nitrogens with one attached hydrogen (secondary N) is 1. The Bertz CT molecular complexity index is 800. The van der Waals surface area contributed by atoms with Gasteiger partial charge < -0.3 is 9.88 Å². The molecule has 0 aliphatic carbocycles. The van der Waals surface area contributed by atoms with Gasteiger partial charge in [-0.25, -0.2) is 15.0 Å². The maximum absolute atomic E-state index is 4.54. The zero-order chi connectivity index (χ0) is 15.7. The van der Waals surface area contributed by atoms with Crippen LogP contribution in [-0.2, 0) is 20.1 Å². The number of fused-ring (bicyclic) bond motifs is 1. The molecule has 116 valence electrons. The SMILES string of the molecule is CCCn1ccnc1CNc1nc(C)nc2c1c(C)nn2C. The predicted octanol–water partition coefficient (Wildman–Crippen LogP) is 2.20. The third-order valence-corrected chi connectivity index (χ3v) is 3.65. The van der Waals surface area contributed by atoms with Gasteiger partial charge >= 0.3 is 0 Å². The zero-order valence-corrected chi connectivity index (χ0v) is 13.5. The first kappa shape index (κ1) is 14.5. The Hall–Kier alpha value is -2.44. The molecule has 0 atom stereocenters. The molecule has 3 heterocycles. The fourth-order valence-corrected chi connectivity index (χ4v) is 2.69. The number of hydrogen-bond donors (Lipinski definition) is 1. The Kier molecular flexibility index (Phi) is 3.79. The van der Waals surface area contributed by atoms with E-state index in [4.69, 9.17) is 0 Å². The van der Waals surface area contributed by atoms with Gasteiger partial charge in [0.2, 0.25) is 0 Å². The highest BCUT2D eigenvalue weighted by Gasteiger charge is 2.14. The topological polar surface area (TPSA) is 73.5 Å². The zero-order valence-electron chi connectivity index (χ0n) is 13.5. The minimum atomic E-state index is 0.632. The highest BCUT2D eigenvalue weighted by atomic mass is 15.3. The van der Waals surface area contributed by atoms with Gasteiger partial charge in [0.25, 0.3) is 0 Å². The lowest BCUT2D eigenvalue weighted by atomic mass is 10.3. The van der Waals surface area contributed by atoms with Crippen LogP contribution in [0.25, 0.3) is 11.0 Å². The molecule has 3 rings (SSSR count). The van der Waals surface area contributed by atoms with Gasteiger partial charge in [-0.1, -0.05) is 6.92 Å². The van der Waals surface area contributed by atoms with Crippen molar-refractivity contribution >= 4 is 16.9 Å². The second-order valence-electron chi connectivity index (χ2n) is 5.42. The molecule has 0 aliphatic heterocycles. The van der Waals surface area contributed by atoms with Crippen molar-refractivity contribution in [3.05, 3.63) is 29.7 Å². The molecule has 7 nitrogen and oxygen atoms in total. The molecule has 1 N–H and O–H groups in total. The largest absolute Gasteiger partial charge is 0.362 e. The van der Waals surface area contributed by atoms with Crippen molar-refractivity contribution in [2.45, 2.75) is 40.3 Å². The first-order valence-corrected chi connectivity index (χ1v) is 7.52. The van der Waals surface area contributed by atoms with E-state index in [1.54, 1.807) is 4.68 Å². The molecule has 0 spiro atoms. The van der Waals surface area contributed by atoms with Crippen LogP contribution >= 0.6 is 0 Å². The van der Waals surface area contributed by atoms with Crippen molar-refractivity contribution in [2.75, 3.05) is 5.32 Å². The summed E-state index contributed by atoms with van der Waals surface area (Å²) in [5.74, 6) is 2.56. The lowest BCUT2D eigenvalue weighted by Gasteiger charge is -2.10. The molecule has 0 saturated heterocycles. The summed E-state index contributed by atoms with van der Waals surface area (Å²) in [7, 11) is 1.90. The van der Waals surface area contributed by atoms with Crippen LogP contribution in [0.4, 0.5) is 5.82 Å². The molecule has 7 heteroatoms. The van der Waals surface area contributed by atoms with Crippen LogP contribution in [0.3, 0.4) is 0 Å². The van der Waals surface area contributed by atoms with Crippen LogP contribution < -0.4 is 5.32 Å². The monoisotopic (exact) mass is 299 g/mol. The first-order chi connectivity index (χ1) is 10.6. The summed E-state index contributed by atoms with van der Waals surface area (Å²) in [6.45, 7) is 7.64. The van der Waals surface area contributed by atoms with Gasteiger partial charge in [-0.2, -0.15) is 5.10 Å². The summed E-state index contributed by atoms with van der Waals surface area (Å²) in [5, 5.41) is 8.81. The Morgan fingerprint density at radius 3 is 2.82 bits per heavy atom. The molecule has 0 saturated carbocycles. The second-order valence-corrected chi connectivity index (χ2v) is 5.42. The van der Waals surface area contributed by atoms with E-state index in [9.17, 15) is 0 Å². The van der Waals surface area contributed by atoms with Gasteiger partial charge in [0.15, 0.2) is 5.65 Å². The van der Waals surface area contributed by atoms with Crippen molar-refractivity contribution in [1.82, 2.24) is 29.3 Å². The van der Waals surface area contributed by atoms with Gasteiger partial charge in [0.05, 0.1) is 17.6 Å². The molecule has 3 aromatic heterocycles. The Morgan fingerprint density at radius 2 is 2.05 bits per heavy atom. The van der Waals surface area contributed by atoms with Crippen molar-refractivity contribution < 1.29 is 0 Å². The van der Waals surface area contributed by atoms with E-state index < -0.39 is 0 Å². The van der Waals surface area contributed by atoms with E-state index in [0.29, 0.717) is 6.54 Å². The molecule has 3 aromatic rings. The van der Waals surface area contributed by atoms with Crippen molar-refractivity contribution in [3.63, 3.8) is 0 Å². The average molecular weight is 299 g/mol. The smallest absolute Gasteiger partial charge is 0.163 e. The number of imidazole rings is 1. The summed E-state index contributed by atoms with van der Waals surface area (Å²) in [4.78, 5) is 13.4. The number of anilines is 1. The van der Waals surface area contributed by atoms with Gasteiger partial charge in [-0.05, 0) is 20.3 Å². The summed E-state index contributed by atoms with van der Waals surface area (Å²) >= 11 is 0. The maximum Gasteiger partial charge on any atom is 0.163 e. The summed E-state index contributed by atoms with van der Waals surface area (Å²) in [5.41, 5.74) is 1.78. The number of nitrogens with zero attached hydrogens (tertiary/aromatic N) is 6. The normalized spacial score (nSPS) is 11.3. The molecule has 0 unspecified atom stereocenters. The van der Waals surface area contributed by atoms with Crippen molar-refractivity contribution in [3.8, 4) is 0 Å².